The first-order valence-electron chi connectivity index (χ1n) is 6.23. The van der Waals surface area contributed by atoms with Crippen molar-refractivity contribution in [2.24, 2.45) is 11.5 Å². The van der Waals surface area contributed by atoms with Crippen molar-refractivity contribution in [2.75, 3.05) is 0 Å². The highest BCUT2D eigenvalue weighted by molar-refractivity contribution is 9.10. The molecular weight excluding hydrogens is 312 g/mol. The third-order valence-electron chi connectivity index (χ3n) is 3.48. The third-order valence-corrected chi connectivity index (χ3v) is 4.25. The van der Waals surface area contributed by atoms with Crippen molar-refractivity contribution < 1.29 is 14.9 Å². The molecular formula is C13H19BrN2O3. The lowest BCUT2D eigenvalue weighted by Crippen LogP contribution is -2.61. The predicted molar refractivity (Wildman–Crippen MR) is 75.3 cm³/mol. The van der Waals surface area contributed by atoms with Gasteiger partial charge < -0.3 is 26.4 Å². The standard InChI is InChI=1S/C13H19BrN2O3/c14-8-4-2-1-3-7(8)6-19-13-10(16)5-9(15)11(17)12(13)18/h1-4,9-13,17-18H,5-6,15-16H2/t9-,10+,11+,12-,13-/m1/s1. The van der Waals surface area contributed by atoms with Gasteiger partial charge in [0.15, 0.2) is 0 Å². The van der Waals surface area contributed by atoms with Crippen molar-refractivity contribution in [2.45, 2.75) is 43.4 Å². The molecule has 0 saturated heterocycles. The van der Waals surface area contributed by atoms with Crippen molar-refractivity contribution in [1.29, 1.82) is 0 Å². The van der Waals surface area contributed by atoms with Gasteiger partial charge in [-0.1, -0.05) is 34.1 Å². The van der Waals surface area contributed by atoms with E-state index < -0.39 is 24.4 Å². The molecule has 2 rings (SSSR count). The van der Waals surface area contributed by atoms with E-state index in [0.29, 0.717) is 13.0 Å². The van der Waals surface area contributed by atoms with E-state index in [-0.39, 0.29) is 6.04 Å². The van der Waals surface area contributed by atoms with Gasteiger partial charge in [0, 0.05) is 16.6 Å². The molecule has 6 heteroatoms. The summed E-state index contributed by atoms with van der Waals surface area (Å²) in [4.78, 5) is 0. The molecule has 1 aromatic rings. The Labute approximate surface area is 120 Å². The predicted octanol–water partition coefficient (Wildman–Crippen LogP) is 0.114. The van der Waals surface area contributed by atoms with Crippen molar-refractivity contribution in [1.82, 2.24) is 0 Å². The quantitative estimate of drug-likeness (QED) is 0.630. The Morgan fingerprint density at radius 3 is 2.53 bits per heavy atom. The van der Waals surface area contributed by atoms with Crippen molar-refractivity contribution in [3.63, 3.8) is 0 Å². The van der Waals surface area contributed by atoms with Crippen molar-refractivity contribution >= 4 is 15.9 Å². The highest BCUT2D eigenvalue weighted by Crippen LogP contribution is 2.23. The average Bonchev–Trinajstić information content (AvgIpc) is 2.38. The number of aliphatic hydroxyl groups is 2. The van der Waals surface area contributed by atoms with E-state index in [9.17, 15) is 10.2 Å². The van der Waals surface area contributed by atoms with Gasteiger partial charge >= 0.3 is 0 Å². The minimum atomic E-state index is -1.05. The summed E-state index contributed by atoms with van der Waals surface area (Å²) in [6, 6.07) is 6.78. The van der Waals surface area contributed by atoms with Crippen LogP contribution in [0.15, 0.2) is 28.7 Å². The second-order valence-electron chi connectivity index (χ2n) is 4.91. The number of hydrogen-bond donors (Lipinski definition) is 4. The normalized spacial score (nSPS) is 35.3. The summed E-state index contributed by atoms with van der Waals surface area (Å²) in [5.41, 5.74) is 12.6. The highest BCUT2D eigenvalue weighted by atomic mass is 79.9. The Hall–Kier alpha value is -0.500. The summed E-state index contributed by atoms with van der Waals surface area (Å²) in [5.74, 6) is 0. The monoisotopic (exact) mass is 330 g/mol. The number of halogens is 1. The maximum atomic E-state index is 9.98. The van der Waals surface area contributed by atoms with Crippen LogP contribution in [-0.4, -0.2) is 40.6 Å². The summed E-state index contributed by atoms with van der Waals surface area (Å²) in [5, 5.41) is 19.7. The zero-order chi connectivity index (χ0) is 14.0. The molecule has 0 amide bonds. The Bertz CT molecular complexity index is 432. The number of aliphatic hydroxyl groups excluding tert-OH is 2. The number of benzene rings is 1. The summed E-state index contributed by atoms with van der Waals surface area (Å²) in [6.07, 6.45) is -2.23. The number of rotatable bonds is 3. The first kappa shape index (κ1) is 14.9. The fourth-order valence-corrected chi connectivity index (χ4v) is 2.71. The third kappa shape index (κ3) is 3.34. The fourth-order valence-electron chi connectivity index (χ4n) is 2.31. The number of nitrogens with two attached hydrogens (primary N) is 2. The molecule has 1 aromatic carbocycles. The fraction of sp³-hybridized carbons (Fsp3) is 0.538. The molecule has 0 bridgehead atoms. The minimum Gasteiger partial charge on any atom is -0.389 e. The summed E-state index contributed by atoms with van der Waals surface area (Å²) < 4.78 is 6.61. The zero-order valence-electron chi connectivity index (χ0n) is 10.4. The van der Waals surface area contributed by atoms with Gasteiger partial charge in [-0.05, 0) is 18.1 Å². The molecule has 106 valence electrons. The Morgan fingerprint density at radius 2 is 1.84 bits per heavy atom. The number of hydrogen-bond acceptors (Lipinski definition) is 5. The molecule has 5 nitrogen and oxygen atoms in total. The van der Waals surface area contributed by atoms with Crippen LogP contribution in [0.25, 0.3) is 0 Å². The summed E-state index contributed by atoms with van der Waals surface area (Å²) >= 11 is 3.43. The first-order chi connectivity index (χ1) is 9.00. The number of ether oxygens (including phenoxy) is 1. The van der Waals surface area contributed by atoms with Crippen LogP contribution in [0, 0.1) is 0 Å². The highest BCUT2D eigenvalue weighted by Gasteiger charge is 2.41. The van der Waals surface area contributed by atoms with E-state index in [1.165, 1.54) is 0 Å². The van der Waals surface area contributed by atoms with Gasteiger partial charge in [0.25, 0.3) is 0 Å². The molecule has 0 aromatic heterocycles. The van der Waals surface area contributed by atoms with Crippen LogP contribution in [0.3, 0.4) is 0 Å². The van der Waals surface area contributed by atoms with E-state index in [1.54, 1.807) is 0 Å². The molecule has 0 radical (unpaired) electrons. The second kappa shape index (κ2) is 6.30. The molecule has 6 N–H and O–H groups in total. The molecule has 1 aliphatic carbocycles. The summed E-state index contributed by atoms with van der Waals surface area (Å²) in [6.45, 7) is 0.318. The molecule has 19 heavy (non-hydrogen) atoms. The molecule has 1 saturated carbocycles. The Kier molecular flexibility index (Phi) is 4.94. The van der Waals surface area contributed by atoms with E-state index >= 15 is 0 Å². The van der Waals surface area contributed by atoms with E-state index in [2.05, 4.69) is 15.9 Å². The van der Waals surface area contributed by atoms with E-state index in [0.717, 1.165) is 10.0 Å². The van der Waals surface area contributed by atoms with Crippen LogP contribution >= 0.6 is 15.9 Å². The molecule has 0 aliphatic heterocycles. The largest absolute Gasteiger partial charge is 0.389 e. The van der Waals surface area contributed by atoms with Gasteiger partial charge in [0.05, 0.1) is 12.7 Å². The lowest BCUT2D eigenvalue weighted by atomic mass is 9.85. The van der Waals surface area contributed by atoms with Crippen LogP contribution in [0.2, 0.25) is 0 Å². The van der Waals surface area contributed by atoms with Crippen LogP contribution in [0.1, 0.15) is 12.0 Å². The maximum Gasteiger partial charge on any atom is 0.109 e. The lowest BCUT2D eigenvalue weighted by Gasteiger charge is -2.39. The van der Waals surface area contributed by atoms with Crippen LogP contribution in [0.4, 0.5) is 0 Å². The van der Waals surface area contributed by atoms with Gasteiger partial charge in [-0.25, -0.2) is 0 Å². The smallest absolute Gasteiger partial charge is 0.109 e. The topological polar surface area (TPSA) is 102 Å². The van der Waals surface area contributed by atoms with Crippen LogP contribution in [0.5, 0.6) is 0 Å². The molecule has 1 fully saturated rings. The average molecular weight is 331 g/mol. The van der Waals surface area contributed by atoms with E-state index in [1.807, 2.05) is 24.3 Å². The second-order valence-corrected chi connectivity index (χ2v) is 5.77. The van der Waals surface area contributed by atoms with Gasteiger partial charge in [-0.15, -0.1) is 0 Å². The maximum absolute atomic E-state index is 9.98. The van der Waals surface area contributed by atoms with E-state index in [4.69, 9.17) is 16.2 Å². The minimum absolute atomic E-state index is 0.318. The molecule has 0 spiro atoms. The SMILES string of the molecule is N[C@@H]1C[C@H](N)[C@@H](OCc2ccccc2Br)[C@H](O)[C@H]1O. The molecule has 5 atom stereocenters. The van der Waals surface area contributed by atoms with Gasteiger partial charge in [-0.3, -0.25) is 0 Å². The molecule has 0 unspecified atom stereocenters. The molecule has 1 aliphatic rings. The van der Waals surface area contributed by atoms with Gasteiger partial charge in [0.2, 0.25) is 0 Å². The Balaban J connectivity index is 2.00. The zero-order valence-corrected chi connectivity index (χ0v) is 12.0. The van der Waals surface area contributed by atoms with Gasteiger partial charge in [0.1, 0.15) is 12.2 Å². The lowest BCUT2D eigenvalue weighted by molar-refractivity contribution is -0.131. The molecule has 0 heterocycles. The Morgan fingerprint density at radius 1 is 1.16 bits per heavy atom. The van der Waals surface area contributed by atoms with Crippen molar-refractivity contribution in [3.8, 4) is 0 Å². The van der Waals surface area contributed by atoms with Gasteiger partial charge in [-0.2, -0.15) is 0 Å². The summed E-state index contributed by atoms with van der Waals surface area (Å²) in [7, 11) is 0. The first-order valence-corrected chi connectivity index (χ1v) is 7.02. The van der Waals surface area contributed by atoms with Crippen LogP contribution in [-0.2, 0) is 11.3 Å². The van der Waals surface area contributed by atoms with Crippen molar-refractivity contribution in [3.05, 3.63) is 34.3 Å². The van der Waals surface area contributed by atoms with Crippen LogP contribution < -0.4 is 11.5 Å².